The molecule has 2 saturated heterocycles. The van der Waals surface area contributed by atoms with Gasteiger partial charge in [0.05, 0.1) is 26.0 Å². The third-order valence-corrected chi connectivity index (χ3v) is 6.53. The number of amides is 1. The van der Waals surface area contributed by atoms with E-state index in [9.17, 15) is 4.79 Å². The number of hydrogen-bond acceptors (Lipinski definition) is 5. The van der Waals surface area contributed by atoms with Crippen molar-refractivity contribution in [1.29, 1.82) is 0 Å². The molecule has 2 aliphatic heterocycles. The van der Waals surface area contributed by atoms with E-state index in [2.05, 4.69) is 27.7 Å². The number of piperidine rings is 1. The molecule has 0 unspecified atom stereocenters. The average Bonchev–Trinajstić information content (AvgIpc) is 3.51. The third-order valence-electron chi connectivity index (χ3n) is 5.67. The molecule has 0 aromatic carbocycles. The Hall–Kier alpha value is -1.59. The Morgan fingerprint density at radius 3 is 2.61 bits per heavy atom. The number of thiophene rings is 1. The first-order valence-electron chi connectivity index (χ1n) is 10.7. The Balaban J connectivity index is 0.00000272. The van der Waals surface area contributed by atoms with Crippen molar-refractivity contribution < 1.29 is 13.9 Å². The molecule has 1 N–H and O–H groups in total. The van der Waals surface area contributed by atoms with E-state index in [1.807, 2.05) is 17.0 Å². The van der Waals surface area contributed by atoms with Gasteiger partial charge in [0, 0.05) is 49.9 Å². The van der Waals surface area contributed by atoms with Crippen LogP contribution in [-0.2, 0) is 22.5 Å². The lowest BCUT2D eigenvalue weighted by atomic mass is 9.95. The summed E-state index contributed by atoms with van der Waals surface area (Å²) in [5, 5.41) is 5.59. The standard InChI is InChI=1S/C22H30N4O3S.HI/c27-21(25-11-14-28-15-12-25)18-6-9-26(10-7-18)22(24-17-20-4-2-16-30-20)23-8-5-19-3-1-13-29-19;/h1-4,13,16,18H,5-12,14-15,17H2,(H,23,24);1H. The first-order chi connectivity index (χ1) is 14.8. The van der Waals surface area contributed by atoms with Crippen LogP contribution in [0.25, 0.3) is 0 Å². The summed E-state index contributed by atoms with van der Waals surface area (Å²) in [6, 6.07) is 8.08. The van der Waals surface area contributed by atoms with E-state index in [0.717, 1.165) is 63.7 Å². The van der Waals surface area contributed by atoms with Gasteiger partial charge >= 0.3 is 0 Å². The van der Waals surface area contributed by atoms with Gasteiger partial charge in [-0.15, -0.1) is 35.3 Å². The van der Waals surface area contributed by atoms with Crippen molar-refractivity contribution in [3.8, 4) is 0 Å². The molecular formula is C22H31IN4O3S. The molecule has 0 atom stereocenters. The lowest BCUT2D eigenvalue weighted by molar-refractivity contribution is -0.140. The molecule has 0 radical (unpaired) electrons. The van der Waals surface area contributed by atoms with Crippen LogP contribution in [0.5, 0.6) is 0 Å². The van der Waals surface area contributed by atoms with Crippen molar-refractivity contribution in [3.63, 3.8) is 0 Å². The average molecular weight is 558 g/mol. The maximum atomic E-state index is 12.8. The highest BCUT2D eigenvalue weighted by atomic mass is 127. The van der Waals surface area contributed by atoms with E-state index in [0.29, 0.717) is 25.7 Å². The van der Waals surface area contributed by atoms with Crippen LogP contribution in [0.15, 0.2) is 45.3 Å². The van der Waals surface area contributed by atoms with E-state index in [4.69, 9.17) is 14.1 Å². The lowest BCUT2D eigenvalue weighted by Gasteiger charge is -2.36. The zero-order chi connectivity index (χ0) is 20.6. The summed E-state index contributed by atoms with van der Waals surface area (Å²) in [6.45, 7) is 5.89. The molecule has 31 heavy (non-hydrogen) atoms. The van der Waals surface area contributed by atoms with Crippen LogP contribution >= 0.6 is 35.3 Å². The van der Waals surface area contributed by atoms with Gasteiger partial charge in [0.25, 0.3) is 0 Å². The highest BCUT2D eigenvalue weighted by molar-refractivity contribution is 14.0. The van der Waals surface area contributed by atoms with Crippen LogP contribution in [0.4, 0.5) is 0 Å². The number of rotatable bonds is 6. The minimum absolute atomic E-state index is 0. The predicted molar refractivity (Wildman–Crippen MR) is 133 cm³/mol. The summed E-state index contributed by atoms with van der Waals surface area (Å²) >= 11 is 1.72. The topological polar surface area (TPSA) is 70.3 Å². The molecule has 2 aromatic rings. The molecule has 2 aliphatic rings. The number of ether oxygens (including phenoxy) is 1. The van der Waals surface area contributed by atoms with Crippen molar-refractivity contribution in [2.75, 3.05) is 45.9 Å². The van der Waals surface area contributed by atoms with E-state index in [1.165, 1.54) is 4.88 Å². The molecule has 0 aliphatic carbocycles. The molecule has 2 aromatic heterocycles. The van der Waals surface area contributed by atoms with Gasteiger partial charge in [-0.25, -0.2) is 4.99 Å². The molecule has 0 spiro atoms. The van der Waals surface area contributed by atoms with Gasteiger partial charge in [0.2, 0.25) is 5.91 Å². The first-order valence-corrected chi connectivity index (χ1v) is 11.6. The molecule has 170 valence electrons. The number of morpholine rings is 1. The molecule has 4 rings (SSSR count). The summed E-state index contributed by atoms with van der Waals surface area (Å²) in [7, 11) is 0. The van der Waals surface area contributed by atoms with Crippen LogP contribution in [0.1, 0.15) is 23.5 Å². The quantitative estimate of drug-likeness (QED) is 0.335. The molecule has 0 bridgehead atoms. The molecule has 2 fully saturated rings. The fourth-order valence-electron chi connectivity index (χ4n) is 3.96. The van der Waals surface area contributed by atoms with Gasteiger partial charge in [-0.3, -0.25) is 4.79 Å². The van der Waals surface area contributed by atoms with Gasteiger partial charge < -0.3 is 24.3 Å². The minimum Gasteiger partial charge on any atom is -0.469 e. The number of carbonyl (C=O) groups excluding carboxylic acids is 1. The van der Waals surface area contributed by atoms with Crippen LogP contribution in [0.2, 0.25) is 0 Å². The number of nitrogens with zero attached hydrogens (tertiary/aromatic N) is 3. The van der Waals surface area contributed by atoms with E-state index in [1.54, 1.807) is 17.6 Å². The number of furan rings is 1. The molecule has 1 amide bonds. The van der Waals surface area contributed by atoms with Gasteiger partial charge in [0.15, 0.2) is 5.96 Å². The summed E-state index contributed by atoms with van der Waals surface area (Å²) < 4.78 is 10.8. The number of carbonyl (C=O) groups is 1. The van der Waals surface area contributed by atoms with Gasteiger partial charge in [-0.1, -0.05) is 6.07 Å². The predicted octanol–water partition coefficient (Wildman–Crippen LogP) is 3.22. The Morgan fingerprint density at radius 2 is 1.94 bits per heavy atom. The zero-order valence-corrected chi connectivity index (χ0v) is 20.8. The monoisotopic (exact) mass is 558 g/mol. The first kappa shape index (κ1) is 24.1. The van der Waals surface area contributed by atoms with Crippen molar-refractivity contribution in [2.45, 2.75) is 25.8 Å². The summed E-state index contributed by atoms with van der Waals surface area (Å²) in [6.07, 6.45) is 4.26. The summed E-state index contributed by atoms with van der Waals surface area (Å²) in [5.41, 5.74) is 0. The number of guanidine groups is 1. The van der Waals surface area contributed by atoms with Gasteiger partial charge in [-0.05, 0) is 36.4 Å². The Labute approximate surface area is 204 Å². The number of hydrogen-bond donors (Lipinski definition) is 1. The van der Waals surface area contributed by atoms with Crippen molar-refractivity contribution >= 4 is 47.2 Å². The van der Waals surface area contributed by atoms with Crippen LogP contribution in [0.3, 0.4) is 0 Å². The lowest BCUT2D eigenvalue weighted by Crippen LogP contribution is -2.50. The number of nitrogens with one attached hydrogen (secondary N) is 1. The largest absolute Gasteiger partial charge is 0.469 e. The fraction of sp³-hybridized carbons (Fsp3) is 0.545. The second kappa shape index (κ2) is 12.4. The Kier molecular flexibility index (Phi) is 9.66. The second-order valence-corrected chi connectivity index (χ2v) is 8.71. The second-order valence-electron chi connectivity index (χ2n) is 7.67. The third kappa shape index (κ3) is 6.95. The van der Waals surface area contributed by atoms with E-state index < -0.39 is 0 Å². The summed E-state index contributed by atoms with van der Waals surface area (Å²) in [5.74, 6) is 2.30. The Morgan fingerprint density at radius 1 is 1.13 bits per heavy atom. The minimum atomic E-state index is 0. The van der Waals surface area contributed by atoms with Crippen molar-refractivity contribution in [3.05, 3.63) is 46.5 Å². The zero-order valence-electron chi connectivity index (χ0n) is 17.7. The highest BCUT2D eigenvalue weighted by Gasteiger charge is 2.30. The van der Waals surface area contributed by atoms with E-state index >= 15 is 0 Å². The smallest absolute Gasteiger partial charge is 0.225 e. The molecule has 7 nitrogen and oxygen atoms in total. The number of likely N-dealkylation sites (tertiary alicyclic amines) is 1. The van der Waals surface area contributed by atoms with E-state index in [-0.39, 0.29) is 29.9 Å². The van der Waals surface area contributed by atoms with Crippen LogP contribution in [-0.4, -0.2) is 67.6 Å². The highest BCUT2D eigenvalue weighted by Crippen LogP contribution is 2.21. The maximum Gasteiger partial charge on any atom is 0.225 e. The number of aliphatic imine (C=N–C) groups is 1. The normalized spacial score (nSPS) is 18.0. The van der Waals surface area contributed by atoms with Crippen LogP contribution < -0.4 is 5.32 Å². The van der Waals surface area contributed by atoms with Crippen molar-refractivity contribution in [2.24, 2.45) is 10.9 Å². The van der Waals surface area contributed by atoms with Gasteiger partial charge in [0.1, 0.15) is 5.76 Å². The molecular weight excluding hydrogens is 527 g/mol. The Bertz CT molecular complexity index is 799. The maximum absolute atomic E-state index is 12.8. The number of halogens is 1. The fourth-order valence-corrected chi connectivity index (χ4v) is 4.58. The molecule has 4 heterocycles. The van der Waals surface area contributed by atoms with Gasteiger partial charge in [-0.2, -0.15) is 0 Å². The molecule has 0 saturated carbocycles. The van der Waals surface area contributed by atoms with Crippen molar-refractivity contribution in [1.82, 2.24) is 15.1 Å². The summed E-state index contributed by atoms with van der Waals surface area (Å²) in [4.78, 5) is 23.2. The molecule has 9 heteroatoms. The SMILES string of the molecule is I.O=C(C1CCN(C(=NCc2cccs2)NCCc2ccco2)CC1)N1CCOCC1. The van der Waals surface area contributed by atoms with Crippen LogP contribution in [0, 0.1) is 5.92 Å².